The maximum Gasteiger partial charge on any atom is 0.116 e. The molecule has 2 rings (SSSR count). The number of phenols is 1. The Morgan fingerprint density at radius 2 is 1.65 bits per heavy atom. The molecule has 1 heteroatoms. The third kappa shape index (κ3) is 2.33. The van der Waals surface area contributed by atoms with Gasteiger partial charge in [0.1, 0.15) is 5.75 Å². The van der Waals surface area contributed by atoms with Crippen molar-refractivity contribution >= 4 is 0 Å². The molecule has 1 nitrogen and oxygen atoms in total. The summed E-state index contributed by atoms with van der Waals surface area (Å²) in [6.45, 7) is 4.29. The predicted octanol–water partition coefficient (Wildman–Crippen LogP) is 4.18. The maximum atomic E-state index is 9.81. The van der Waals surface area contributed by atoms with Crippen molar-refractivity contribution in [3.63, 3.8) is 0 Å². The zero-order valence-corrected chi connectivity index (χ0v) is 10.4. The Kier molecular flexibility index (Phi) is 3.48. The van der Waals surface area contributed by atoms with E-state index in [1.807, 2.05) is 30.3 Å². The highest BCUT2D eigenvalue weighted by atomic mass is 16.3. The molecule has 1 N–H and O–H groups in total. The van der Waals surface area contributed by atoms with Crippen LogP contribution in [0.1, 0.15) is 25.0 Å². The van der Waals surface area contributed by atoms with Crippen LogP contribution in [0.3, 0.4) is 0 Å². The van der Waals surface area contributed by atoms with Crippen molar-refractivity contribution in [3.05, 3.63) is 53.6 Å². The van der Waals surface area contributed by atoms with Crippen molar-refractivity contribution in [3.8, 4) is 16.9 Å². The topological polar surface area (TPSA) is 20.2 Å². The summed E-state index contributed by atoms with van der Waals surface area (Å²) in [4.78, 5) is 0. The molecular weight excluding hydrogens is 208 g/mol. The lowest BCUT2D eigenvalue weighted by molar-refractivity contribution is 0.474. The normalized spacial score (nSPS) is 10.5. The summed E-state index contributed by atoms with van der Waals surface area (Å²) in [6.07, 6.45) is 1.95. The van der Waals surface area contributed by atoms with Gasteiger partial charge in [-0.05, 0) is 47.2 Å². The second-order valence-corrected chi connectivity index (χ2v) is 4.20. The first kappa shape index (κ1) is 11.7. The number of rotatable bonds is 3. The average molecular weight is 226 g/mol. The van der Waals surface area contributed by atoms with Crippen LogP contribution in [0.15, 0.2) is 42.5 Å². The fourth-order valence-electron chi connectivity index (χ4n) is 2.32. The van der Waals surface area contributed by atoms with E-state index in [9.17, 15) is 5.11 Å². The summed E-state index contributed by atoms with van der Waals surface area (Å²) in [7, 11) is 0. The maximum absolute atomic E-state index is 9.81. The van der Waals surface area contributed by atoms with Gasteiger partial charge in [0.05, 0.1) is 0 Å². The summed E-state index contributed by atoms with van der Waals surface area (Å²) >= 11 is 0. The van der Waals surface area contributed by atoms with E-state index in [1.165, 1.54) is 16.7 Å². The highest BCUT2D eigenvalue weighted by molar-refractivity contribution is 5.70. The largest absolute Gasteiger partial charge is 0.508 e. The molecule has 0 aliphatic rings. The van der Waals surface area contributed by atoms with Gasteiger partial charge in [-0.3, -0.25) is 0 Å². The fourth-order valence-corrected chi connectivity index (χ4v) is 2.32. The summed E-state index contributed by atoms with van der Waals surface area (Å²) < 4.78 is 0. The van der Waals surface area contributed by atoms with Gasteiger partial charge in [0.2, 0.25) is 0 Å². The number of hydrogen-bond acceptors (Lipinski definition) is 1. The van der Waals surface area contributed by atoms with E-state index >= 15 is 0 Å². The van der Waals surface area contributed by atoms with Crippen molar-refractivity contribution in [2.45, 2.75) is 26.7 Å². The van der Waals surface area contributed by atoms with Crippen molar-refractivity contribution in [1.82, 2.24) is 0 Å². The van der Waals surface area contributed by atoms with Crippen LogP contribution in [-0.2, 0) is 12.8 Å². The van der Waals surface area contributed by atoms with Gasteiger partial charge < -0.3 is 5.11 Å². The van der Waals surface area contributed by atoms with Gasteiger partial charge in [-0.1, -0.05) is 44.2 Å². The van der Waals surface area contributed by atoms with Gasteiger partial charge in [0.15, 0.2) is 0 Å². The predicted molar refractivity (Wildman–Crippen MR) is 72.3 cm³/mol. The molecule has 0 aliphatic heterocycles. The molecule has 0 unspecified atom stereocenters. The quantitative estimate of drug-likeness (QED) is 0.832. The van der Waals surface area contributed by atoms with Crippen LogP contribution in [0.25, 0.3) is 11.1 Å². The lowest BCUT2D eigenvalue weighted by Crippen LogP contribution is -1.95. The Hall–Kier alpha value is -1.76. The molecule has 0 atom stereocenters. The van der Waals surface area contributed by atoms with Crippen molar-refractivity contribution in [2.75, 3.05) is 0 Å². The molecule has 2 aromatic rings. The van der Waals surface area contributed by atoms with E-state index in [-0.39, 0.29) is 0 Å². The van der Waals surface area contributed by atoms with Gasteiger partial charge in [-0.2, -0.15) is 0 Å². The molecule has 0 heterocycles. The SMILES string of the molecule is CCc1cc(O)cc(-c2ccccc2)c1CC. The Labute approximate surface area is 103 Å². The summed E-state index contributed by atoms with van der Waals surface area (Å²) in [5.41, 5.74) is 4.92. The molecule has 0 spiro atoms. The van der Waals surface area contributed by atoms with Crippen molar-refractivity contribution in [2.24, 2.45) is 0 Å². The highest BCUT2D eigenvalue weighted by Gasteiger charge is 2.09. The van der Waals surface area contributed by atoms with Crippen LogP contribution in [-0.4, -0.2) is 5.11 Å². The van der Waals surface area contributed by atoms with E-state index < -0.39 is 0 Å². The molecule has 0 aliphatic carbocycles. The number of aromatic hydroxyl groups is 1. The summed E-state index contributed by atoms with van der Waals surface area (Å²) in [6, 6.07) is 14.0. The molecule has 0 amide bonds. The zero-order valence-electron chi connectivity index (χ0n) is 10.4. The molecule has 0 saturated carbocycles. The Morgan fingerprint density at radius 1 is 0.941 bits per heavy atom. The minimum atomic E-state index is 0.359. The Balaban J connectivity index is 2.64. The van der Waals surface area contributed by atoms with Gasteiger partial charge in [0, 0.05) is 0 Å². The van der Waals surface area contributed by atoms with E-state index in [1.54, 1.807) is 0 Å². The minimum Gasteiger partial charge on any atom is -0.508 e. The second kappa shape index (κ2) is 5.05. The molecular formula is C16H18O. The van der Waals surface area contributed by atoms with Crippen LogP contribution in [0.5, 0.6) is 5.75 Å². The number of phenolic OH excluding ortho intramolecular Hbond substituents is 1. The van der Waals surface area contributed by atoms with Gasteiger partial charge >= 0.3 is 0 Å². The van der Waals surface area contributed by atoms with Gasteiger partial charge in [-0.15, -0.1) is 0 Å². The third-order valence-corrected chi connectivity index (χ3v) is 3.15. The van der Waals surface area contributed by atoms with Crippen molar-refractivity contribution < 1.29 is 5.11 Å². The molecule has 0 fully saturated rings. The first-order chi connectivity index (χ1) is 8.26. The molecule has 2 aromatic carbocycles. The molecule has 17 heavy (non-hydrogen) atoms. The summed E-state index contributed by atoms with van der Waals surface area (Å²) in [5.74, 6) is 0.359. The standard InChI is InChI=1S/C16H18O/c1-3-12-10-14(17)11-16(15(12)4-2)13-8-6-5-7-9-13/h5-11,17H,3-4H2,1-2H3. The molecule has 88 valence electrons. The lowest BCUT2D eigenvalue weighted by atomic mass is 9.92. The van der Waals surface area contributed by atoms with E-state index in [0.717, 1.165) is 18.4 Å². The fraction of sp³-hybridized carbons (Fsp3) is 0.250. The first-order valence-corrected chi connectivity index (χ1v) is 6.16. The Morgan fingerprint density at radius 3 is 2.24 bits per heavy atom. The number of hydrogen-bond donors (Lipinski definition) is 1. The lowest BCUT2D eigenvalue weighted by Gasteiger charge is -2.13. The van der Waals surface area contributed by atoms with Crippen molar-refractivity contribution in [1.29, 1.82) is 0 Å². The van der Waals surface area contributed by atoms with E-state index in [2.05, 4.69) is 26.0 Å². The van der Waals surface area contributed by atoms with Crippen LogP contribution >= 0.6 is 0 Å². The van der Waals surface area contributed by atoms with Gasteiger partial charge in [-0.25, -0.2) is 0 Å². The van der Waals surface area contributed by atoms with Crippen LogP contribution in [0.2, 0.25) is 0 Å². The monoisotopic (exact) mass is 226 g/mol. The zero-order chi connectivity index (χ0) is 12.3. The smallest absolute Gasteiger partial charge is 0.116 e. The number of benzene rings is 2. The van der Waals surface area contributed by atoms with Crippen LogP contribution < -0.4 is 0 Å². The first-order valence-electron chi connectivity index (χ1n) is 6.16. The molecule has 0 saturated heterocycles. The highest BCUT2D eigenvalue weighted by Crippen LogP contribution is 2.31. The minimum absolute atomic E-state index is 0.359. The number of aryl methyl sites for hydroxylation is 1. The van der Waals surface area contributed by atoms with E-state index in [4.69, 9.17) is 0 Å². The van der Waals surface area contributed by atoms with E-state index in [0.29, 0.717) is 5.75 Å². The van der Waals surface area contributed by atoms with Crippen LogP contribution in [0, 0.1) is 0 Å². The van der Waals surface area contributed by atoms with Gasteiger partial charge in [0.25, 0.3) is 0 Å². The van der Waals surface area contributed by atoms with Crippen LogP contribution in [0.4, 0.5) is 0 Å². The molecule has 0 aromatic heterocycles. The average Bonchev–Trinajstić information content (AvgIpc) is 2.38. The molecule has 0 bridgehead atoms. The summed E-state index contributed by atoms with van der Waals surface area (Å²) in [5, 5.41) is 9.81. The second-order valence-electron chi connectivity index (χ2n) is 4.20. The molecule has 0 radical (unpaired) electrons. The Bertz CT molecular complexity index is 500. The third-order valence-electron chi connectivity index (χ3n) is 3.15.